The van der Waals surface area contributed by atoms with Crippen LogP contribution in [0.15, 0.2) is 64.3 Å². The van der Waals surface area contributed by atoms with E-state index in [1.807, 2.05) is 48.5 Å². The number of thiophene rings is 1. The molecule has 2 atom stereocenters. The van der Waals surface area contributed by atoms with Gasteiger partial charge in [-0.1, -0.05) is 36.4 Å². The smallest absolute Gasteiger partial charge is 0.328 e. The molecule has 2 aromatic carbocycles. The van der Waals surface area contributed by atoms with E-state index in [2.05, 4.69) is 14.9 Å². The van der Waals surface area contributed by atoms with Gasteiger partial charge in [0.1, 0.15) is 26.5 Å². The molecule has 0 amide bonds. The number of methoxy groups -OCH3 is 1. The first-order valence-electron chi connectivity index (χ1n) is 13.6. The largest absolute Gasteiger partial charge is 0.496 e. The van der Waals surface area contributed by atoms with Crippen LogP contribution < -0.4 is 20.7 Å². The predicted molar refractivity (Wildman–Crippen MR) is 156 cm³/mol. The molecule has 2 aliphatic heterocycles. The zero-order valence-electron chi connectivity index (χ0n) is 22.1. The van der Waals surface area contributed by atoms with E-state index in [4.69, 9.17) is 14.5 Å². The third-order valence-electron chi connectivity index (χ3n) is 8.08. The van der Waals surface area contributed by atoms with Gasteiger partial charge in [-0.2, -0.15) is 0 Å². The number of aromatic nitrogens is 4. The van der Waals surface area contributed by atoms with Crippen LogP contribution in [0.5, 0.6) is 11.5 Å². The van der Waals surface area contributed by atoms with E-state index in [-0.39, 0.29) is 5.56 Å². The van der Waals surface area contributed by atoms with E-state index in [1.165, 1.54) is 21.5 Å². The number of fused-ring (bicyclic) bond motifs is 6. The maximum Gasteiger partial charge on any atom is 0.328 e. The number of likely N-dealkylation sites (tertiary alicyclic amines) is 1. The van der Waals surface area contributed by atoms with Crippen LogP contribution >= 0.6 is 11.3 Å². The SMILES string of the molecule is COc1cccc2c1[C@@H]1CN(CCCCn3c(=O)[nH]c4c(sc5nc(-c6ccccc6)cnc54)c3=O)C[C@@H]1CO2. The van der Waals surface area contributed by atoms with Crippen LogP contribution in [-0.2, 0) is 6.54 Å². The van der Waals surface area contributed by atoms with Crippen LogP contribution in [0.1, 0.15) is 24.3 Å². The van der Waals surface area contributed by atoms with Gasteiger partial charge >= 0.3 is 5.69 Å². The fraction of sp³-hybridized carbons (Fsp3) is 0.333. The van der Waals surface area contributed by atoms with E-state index in [1.54, 1.807) is 13.3 Å². The van der Waals surface area contributed by atoms with Gasteiger partial charge in [-0.05, 0) is 31.5 Å². The maximum absolute atomic E-state index is 13.3. The number of nitrogens with zero attached hydrogens (tertiary/aromatic N) is 4. The molecule has 5 heterocycles. The maximum atomic E-state index is 13.3. The molecule has 204 valence electrons. The lowest BCUT2D eigenvalue weighted by molar-refractivity contribution is 0.209. The van der Waals surface area contributed by atoms with Gasteiger partial charge in [-0.25, -0.2) is 14.8 Å². The van der Waals surface area contributed by atoms with Crippen molar-refractivity contribution < 1.29 is 9.47 Å². The number of aromatic amines is 1. The molecule has 0 spiro atoms. The predicted octanol–water partition coefficient (Wildman–Crippen LogP) is 4.26. The van der Waals surface area contributed by atoms with Crippen LogP contribution in [0.4, 0.5) is 0 Å². The van der Waals surface area contributed by atoms with Crippen LogP contribution in [-0.4, -0.2) is 57.8 Å². The van der Waals surface area contributed by atoms with Crippen molar-refractivity contribution in [2.24, 2.45) is 5.92 Å². The molecule has 0 radical (unpaired) electrons. The number of hydrogen-bond donors (Lipinski definition) is 1. The highest BCUT2D eigenvalue weighted by molar-refractivity contribution is 7.25. The summed E-state index contributed by atoms with van der Waals surface area (Å²) in [5, 5.41) is 0. The van der Waals surface area contributed by atoms with E-state index in [0.717, 1.165) is 61.8 Å². The zero-order chi connectivity index (χ0) is 27.2. The molecule has 40 heavy (non-hydrogen) atoms. The number of ether oxygens (including phenoxy) is 2. The minimum atomic E-state index is -0.404. The molecular weight excluding hydrogens is 526 g/mol. The molecule has 1 N–H and O–H groups in total. The van der Waals surface area contributed by atoms with Crippen LogP contribution in [0, 0.1) is 5.92 Å². The normalized spacial score (nSPS) is 18.5. The van der Waals surface area contributed by atoms with Crippen molar-refractivity contribution in [1.82, 2.24) is 24.4 Å². The molecule has 2 aliphatic rings. The first kappa shape index (κ1) is 25.0. The Morgan fingerprint density at radius 1 is 1.07 bits per heavy atom. The van der Waals surface area contributed by atoms with Gasteiger partial charge in [-0.3, -0.25) is 9.36 Å². The lowest BCUT2D eigenvalue weighted by atomic mass is 9.86. The Morgan fingerprint density at radius 3 is 2.77 bits per heavy atom. The third kappa shape index (κ3) is 4.28. The van der Waals surface area contributed by atoms with Crippen molar-refractivity contribution in [2.75, 3.05) is 33.4 Å². The summed E-state index contributed by atoms with van der Waals surface area (Å²) >= 11 is 1.28. The Labute approximate surface area is 234 Å². The molecule has 0 bridgehead atoms. The second kappa shape index (κ2) is 10.2. The Kier molecular flexibility index (Phi) is 6.36. The average molecular weight is 556 g/mol. The minimum absolute atomic E-state index is 0.280. The Balaban J connectivity index is 1.05. The number of hydrogen-bond acceptors (Lipinski definition) is 8. The van der Waals surface area contributed by atoms with Crippen molar-refractivity contribution in [3.05, 3.63) is 81.1 Å². The summed E-state index contributed by atoms with van der Waals surface area (Å²) in [7, 11) is 1.71. The molecule has 9 nitrogen and oxygen atoms in total. The number of nitrogens with one attached hydrogen (secondary N) is 1. The molecule has 3 aromatic heterocycles. The molecule has 1 saturated heterocycles. The van der Waals surface area contributed by atoms with Gasteiger partial charge in [0.25, 0.3) is 5.56 Å². The highest BCUT2D eigenvalue weighted by atomic mass is 32.1. The lowest BCUT2D eigenvalue weighted by Crippen LogP contribution is -2.34. The van der Waals surface area contributed by atoms with Gasteiger partial charge in [0.05, 0.1) is 31.1 Å². The van der Waals surface area contributed by atoms with E-state index in [9.17, 15) is 9.59 Å². The minimum Gasteiger partial charge on any atom is -0.496 e. The lowest BCUT2D eigenvalue weighted by Gasteiger charge is -2.29. The van der Waals surface area contributed by atoms with Crippen molar-refractivity contribution >= 4 is 31.9 Å². The van der Waals surface area contributed by atoms with Crippen molar-refractivity contribution in [3.63, 3.8) is 0 Å². The number of unbranched alkanes of at least 4 members (excludes halogenated alkanes) is 1. The van der Waals surface area contributed by atoms with Crippen LogP contribution in [0.2, 0.25) is 0 Å². The quantitative estimate of drug-likeness (QED) is 0.300. The molecule has 7 rings (SSSR count). The summed E-state index contributed by atoms with van der Waals surface area (Å²) in [6, 6.07) is 15.8. The number of H-pyrrole nitrogens is 1. The molecule has 0 unspecified atom stereocenters. The van der Waals surface area contributed by atoms with Crippen molar-refractivity contribution in [3.8, 4) is 22.8 Å². The van der Waals surface area contributed by atoms with Gasteiger partial charge in [0.15, 0.2) is 0 Å². The first-order valence-corrected chi connectivity index (χ1v) is 14.4. The molecule has 0 saturated carbocycles. The number of benzene rings is 2. The first-order chi connectivity index (χ1) is 19.6. The Morgan fingerprint density at radius 2 is 1.93 bits per heavy atom. The Bertz CT molecular complexity index is 1820. The second-order valence-corrected chi connectivity index (χ2v) is 11.5. The fourth-order valence-electron chi connectivity index (χ4n) is 6.11. The summed E-state index contributed by atoms with van der Waals surface area (Å²) in [5.41, 5.74) is 3.20. The monoisotopic (exact) mass is 555 g/mol. The summed E-state index contributed by atoms with van der Waals surface area (Å²) in [6.45, 7) is 3.93. The van der Waals surface area contributed by atoms with Gasteiger partial charge in [0.2, 0.25) is 0 Å². The third-order valence-corrected chi connectivity index (χ3v) is 9.14. The van der Waals surface area contributed by atoms with Crippen LogP contribution in [0.25, 0.3) is 31.8 Å². The van der Waals surface area contributed by atoms with Crippen LogP contribution in [0.3, 0.4) is 0 Å². The highest BCUT2D eigenvalue weighted by Crippen LogP contribution is 2.46. The summed E-state index contributed by atoms with van der Waals surface area (Å²) < 4.78 is 13.5. The summed E-state index contributed by atoms with van der Waals surface area (Å²) in [6.07, 6.45) is 3.30. The molecule has 5 aromatic rings. The Hall–Kier alpha value is -4.02. The topological polar surface area (TPSA) is 102 Å². The zero-order valence-corrected chi connectivity index (χ0v) is 22.9. The molecular formula is C30H29N5O4S. The molecule has 10 heteroatoms. The van der Waals surface area contributed by atoms with E-state index < -0.39 is 5.69 Å². The number of rotatable bonds is 7. The standard InChI is InChI=1S/C30H29N5O4S/c1-38-22-10-7-11-23-24(22)20-16-34(15-19(20)17-39-23)12-5-6-13-35-29(36)27-25(33-30(35)37)26-28(40-27)32-21(14-31-26)18-8-3-2-4-9-18/h2-4,7-11,14,19-20H,5-6,12-13,15-17H2,1H3,(H,33,37)/t19-,20-/m1/s1. The van der Waals surface area contributed by atoms with E-state index >= 15 is 0 Å². The summed E-state index contributed by atoms with van der Waals surface area (Å²) in [4.78, 5) is 41.5. The van der Waals surface area contributed by atoms with Crippen molar-refractivity contribution in [1.29, 1.82) is 0 Å². The molecule has 1 fully saturated rings. The van der Waals surface area contributed by atoms with Gasteiger partial charge < -0.3 is 19.4 Å². The van der Waals surface area contributed by atoms with Gasteiger partial charge in [0, 0.05) is 42.6 Å². The fourth-order valence-corrected chi connectivity index (χ4v) is 7.15. The second-order valence-electron chi connectivity index (χ2n) is 10.5. The summed E-state index contributed by atoms with van der Waals surface area (Å²) in [5.74, 6) is 2.66. The average Bonchev–Trinajstić information content (AvgIpc) is 3.57. The van der Waals surface area contributed by atoms with E-state index in [0.29, 0.717) is 38.9 Å². The highest BCUT2D eigenvalue weighted by Gasteiger charge is 2.40. The van der Waals surface area contributed by atoms with Gasteiger partial charge in [-0.15, -0.1) is 11.3 Å². The molecule has 0 aliphatic carbocycles. The van der Waals surface area contributed by atoms with Crippen molar-refractivity contribution in [2.45, 2.75) is 25.3 Å².